The highest BCUT2D eigenvalue weighted by atomic mass is 16.5. The molecule has 4 fully saturated rings. The Bertz CT molecular complexity index is 1110. The lowest BCUT2D eigenvalue weighted by atomic mass is 9.74. The van der Waals surface area contributed by atoms with Crippen molar-refractivity contribution in [1.82, 2.24) is 10.2 Å². The Kier molecular flexibility index (Phi) is 6.38. The standard InChI is InChI=1S/C30H39N3O4/c1-18-9-8-11-20(17-18)31-27(34)24-23-15-16-30(37-23)25(24)29(36)33(21-12-4-3-5-13-21)26(30)28(35)32-22-14-7-6-10-19(22)2/h8-9,11,15-17,19,21-26H,3-7,10,12-14H2,1-2H3,(H,31,34)(H,32,35)/t19?,22?,23-,24?,25-,26?,30+/m1/s1. The summed E-state index contributed by atoms with van der Waals surface area (Å²) in [4.78, 5) is 43.7. The molecular weight excluding hydrogens is 466 g/mol. The van der Waals surface area contributed by atoms with Crippen LogP contribution < -0.4 is 10.6 Å². The minimum atomic E-state index is -1.09. The zero-order chi connectivity index (χ0) is 25.7. The molecule has 37 heavy (non-hydrogen) atoms. The number of likely N-dealkylation sites (tertiary alicyclic amines) is 1. The van der Waals surface area contributed by atoms with E-state index in [0.717, 1.165) is 56.9 Å². The number of rotatable bonds is 5. The second-order valence-corrected chi connectivity index (χ2v) is 12.0. The van der Waals surface area contributed by atoms with Gasteiger partial charge in [0.25, 0.3) is 0 Å². The van der Waals surface area contributed by atoms with Gasteiger partial charge in [-0.05, 0) is 56.2 Å². The molecule has 3 heterocycles. The second kappa shape index (κ2) is 9.57. The SMILES string of the molecule is Cc1cccc(NC(=O)C2[C@H]3C=C[C@@]4(O3)C(C(=O)NC3CCCCC3C)N(C3CCCCC3)C(=O)[C@@H]24)c1. The first-order valence-corrected chi connectivity index (χ1v) is 14.3. The first-order chi connectivity index (χ1) is 17.9. The first-order valence-electron chi connectivity index (χ1n) is 14.3. The molecule has 7 nitrogen and oxygen atoms in total. The fraction of sp³-hybridized carbons (Fsp3) is 0.633. The number of aryl methyl sites for hydroxylation is 1. The molecule has 1 aromatic carbocycles. The van der Waals surface area contributed by atoms with Gasteiger partial charge >= 0.3 is 0 Å². The highest BCUT2D eigenvalue weighted by Crippen LogP contribution is 2.56. The number of benzene rings is 1. The summed E-state index contributed by atoms with van der Waals surface area (Å²) in [6.45, 7) is 4.18. The zero-order valence-electron chi connectivity index (χ0n) is 21.9. The molecule has 7 atom stereocenters. The van der Waals surface area contributed by atoms with Gasteiger partial charge in [-0.2, -0.15) is 0 Å². The molecule has 4 unspecified atom stereocenters. The normalized spacial score (nSPS) is 37.0. The van der Waals surface area contributed by atoms with E-state index in [1.54, 1.807) is 0 Å². The summed E-state index contributed by atoms with van der Waals surface area (Å²) in [5.41, 5.74) is 0.670. The molecule has 2 saturated heterocycles. The predicted molar refractivity (Wildman–Crippen MR) is 141 cm³/mol. The number of fused-ring (bicyclic) bond motifs is 1. The largest absolute Gasteiger partial charge is 0.359 e. The van der Waals surface area contributed by atoms with Gasteiger partial charge in [0, 0.05) is 17.8 Å². The maximum absolute atomic E-state index is 14.2. The predicted octanol–water partition coefficient (Wildman–Crippen LogP) is 4.11. The van der Waals surface area contributed by atoms with Crippen LogP contribution in [0.5, 0.6) is 0 Å². The number of nitrogens with zero attached hydrogens (tertiary/aromatic N) is 1. The monoisotopic (exact) mass is 505 g/mol. The molecule has 0 aromatic heterocycles. The Morgan fingerprint density at radius 3 is 2.54 bits per heavy atom. The van der Waals surface area contributed by atoms with Crippen molar-refractivity contribution in [3.63, 3.8) is 0 Å². The molecular formula is C30H39N3O4. The molecule has 2 N–H and O–H groups in total. The molecule has 2 aliphatic carbocycles. The van der Waals surface area contributed by atoms with Gasteiger partial charge in [0.2, 0.25) is 17.7 Å². The molecule has 5 aliphatic rings. The molecule has 7 heteroatoms. The van der Waals surface area contributed by atoms with E-state index < -0.39 is 29.6 Å². The summed E-state index contributed by atoms with van der Waals surface area (Å²) in [6.07, 6.45) is 12.7. The molecule has 1 spiro atoms. The third-order valence-electron chi connectivity index (χ3n) is 9.56. The van der Waals surface area contributed by atoms with Gasteiger partial charge in [0.1, 0.15) is 11.6 Å². The van der Waals surface area contributed by atoms with E-state index in [0.29, 0.717) is 11.6 Å². The van der Waals surface area contributed by atoms with E-state index >= 15 is 0 Å². The maximum atomic E-state index is 14.2. The number of carbonyl (C=O) groups excluding carboxylic acids is 3. The summed E-state index contributed by atoms with van der Waals surface area (Å²) < 4.78 is 6.53. The fourth-order valence-corrected chi connectivity index (χ4v) is 7.70. The molecule has 2 bridgehead atoms. The second-order valence-electron chi connectivity index (χ2n) is 12.0. The van der Waals surface area contributed by atoms with E-state index in [1.165, 1.54) is 6.42 Å². The van der Waals surface area contributed by atoms with Crippen molar-refractivity contribution in [1.29, 1.82) is 0 Å². The lowest BCUT2D eigenvalue weighted by molar-refractivity contribution is -0.145. The number of ether oxygens (including phenoxy) is 1. The van der Waals surface area contributed by atoms with Crippen molar-refractivity contribution in [3.05, 3.63) is 42.0 Å². The third-order valence-corrected chi connectivity index (χ3v) is 9.56. The van der Waals surface area contributed by atoms with Crippen LogP contribution in [0.25, 0.3) is 0 Å². The van der Waals surface area contributed by atoms with Gasteiger partial charge in [-0.3, -0.25) is 14.4 Å². The van der Waals surface area contributed by atoms with Crippen LogP contribution in [0.2, 0.25) is 0 Å². The third kappa shape index (κ3) is 4.10. The highest BCUT2D eigenvalue weighted by molar-refractivity contribution is 6.03. The summed E-state index contributed by atoms with van der Waals surface area (Å²) in [5, 5.41) is 6.36. The van der Waals surface area contributed by atoms with Crippen molar-refractivity contribution < 1.29 is 19.1 Å². The van der Waals surface area contributed by atoms with Gasteiger partial charge in [-0.25, -0.2) is 0 Å². The van der Waals surface area contributed by atoms with Gasteiger partial charge in [-0.1, -0.05) is 63.3 Å². The van der Waals surface area contributed by atoms with Crippen LogP contribution in [-0.2, 0) is 19.1 Å². The number of carbonyl (C=O) groups is 3. The first kappa shape index (κ1) is 24.7. The minimum absolute atomic E-state index is 0.0114. The Balaban J connectivity index is 1.32. The molecule has 0 radical (unpaired) electrons. The number of amides is 3. The van der Waals surface area contributed by atoms with E-state index in [4.69, 9.17) is 4.74 Å². The molecule has 6 rings (SSSR count). The Morgan fingerprint density at radius 2 is 1.78 bits per heavy atom. The Labute approximate surface area is 219 Å². The van der Waals surface area contributed by atoms with Crippen molar-refractivity contribution in [2.24, 2.45) is 17.8 Å². The minimum Gasteiger partial charge on any atom is -0.359 e. The van der Waals surface area contributed by atoms with E-state index in [9.17, 15) is 14.4 Å². The summed E-state index contributed by atoms with van der Waals surface area (Å²) in [6, 6.07) is 7.05. The van der Waals surface area contributed by atoms with Crippen LogP contribution in [0.15, 0.2) is 36.4 Å². The molecule has 198 valence electrons. The summed E-state index contributed by atoms with van der Waals surface area (Å²) in [5.74, 6) is -1.37. The van der Waals surface area contributed by atoms with Crippen molar-refractivity contribution >= 4 is 23.4 Å². The molecule has 1 aromatic rings. The molecule has 2 saturated carbocycles. The summed E-state index contributed by atoms with van der Waals surface area (Å²) in [7, 11) is 0. The van der Waals surface area contributed by atoms with Crippen LogP contribution in [0.1, 0.15) is 70.3 Å². The zero-order valence-corrected chi connectivity index (χ0v) is 21.9. The molecule has 3 amide bonds. The lowest BCUT2D eigenvalue weighted by Gasteiger charge is -2.40. The number of nitrogens with one attached hydrogen (secondary N) is 2. The lowest BCUT2D eigenvalue weighted by Crippen LogP contribution is -2.59. The highest BCUT2D eigenvalue weighted by Gasteiger charge is 2.73. The quantitative estimate of drug-likeness (QED) is 0.590. The smallest absolute Gasteiger partial charge is 0.246 e. The van der Waals surface area contributed by atoms with Crippen LogP contribution in [0.3, 0.4) is 0 Å². The van der Waals surface area contributed by atoms with E-state index in [-0.39, 0.29) is 29.8 Å². The number of hydrogen-bond donors (Lipinski definition) is 2. The number of anilines is 1. The van der Waals surface area contributed by atoms with Crippen LogP contribution in [0, 0.1) is 24.7 Å². The average molecular weight is 506 g/mol. The maximum Gasteiger partial charge on any atom is 0.246 e. The van der Waals surface area contributed by atoms with Crippen molar-refractivity contribution in [2.75, 3.05) is 5.32 Å². The van der Waals surface area contributed by atoms with Gasteiger partial charge < -0.3 is 20.3 Å². The summed E-state index contributed by atoms with van der Waals surface area (Å²) >= 11 is 0. The van der Waals surface area contributed by atoms with Crippen LogP contribution in [0.4, 0.5) is 5.69 Å². The van der Waals surface area contributed by atoms with E-state index in [2.05, 4.69) is 17.6 Å². The van der Waals surface area contributed by atoms with Crippen molar-refractivity contribution in [3.8, 4) is 0 Å². The van der Waals surface area contributed by atoms with Crippen LogP contribution >= 0.6 is 0 Å². The Morgan fingerprint density at radius 1 is 1.03 bits per heavy atom. The van der Waals surface area contributed by atoms with Crippen LogP contribution in [-0.4, -0.2) is 52.5 Å². The fourth-order valence-electron chi connectivity index (χ4n) is 7.70. The van der Waals surface area contributed by atoms with Gasteiger partial charge in [-0.15, -0.1) is 0 Å². The number of hydrogen-bond acceptors (Lipinski definition) is 4. The topological polar surface area (TPSA) is 87.7 Å². The average Bonchev–Trinajstić information content (AvgIpc) is 3.53. The Hall–Kier alpha value is -2.67. The van der Waals surface area contributed by atoms with Gasteiger partial charge in [0.05, 0.1) is 17.9 Å². The van der Waals surface area contributed by atoms with E-state index in [1.807, 2.05) is 48.2 Å². The van der Waals surface area contributed by atoms with Gasteiger partial charge in [0.15, 0.2) is 0 Å². The van der Waals surface area contributed by atoms with Crippen molar-refractivity contribution in [2.45, 2.75) is 101 Å². The molecule has 3 aliphatic heterocycles.